The summed E-state index contributed by atoms with van der Waals surface area (Å²) >= 11 is 0. The van der Waals surface area contributed by atoms with Crippen LogP contribution in [0.3, 0.4) is 0 Å². The third kappa shape index (κ3) is 6.44. The van der Waals surface area contributed by atoms with Gasteiger partial charge in [0, 0.05) is 44.5 Å². The highest BCUT2D eigenvalue weighted by atomic mass is 16.5. The van der Waals surface area contributed by atoms with Gasteiger partial charge in [0.1, 0.15) is 0 Å². The van der Waals surface area contributed by atoms with E-state index in [0.717, 1.165) is 45.2 Å². The van der Waals surface area contributed by atoms with E-state index in [1.807, 2.05) is 24.8 Å². The summed E-state index contributed by atoms with van der Waals surface area (Å²) in [6.07, 6.45) is 6.78. The molecule has 0 radical (unpaired) electrons. The summed E-state index contributed by atoms with van der Waals surface area (Å²) in [5.41, 5.74) is 3.71. The number of nitrogens with one attached hydrogen (secondary N) is 1. The van der Waals surface area contributed by atoms with E-state index in [9.17, 15) is 0 Å². The first kappa shape index (κ1) is 22.1. The highest BCUT2D eigenvalue weighted by Crippen LogP contribution is 2.18. The molecule has 0 aliphatic carbocycles. The minimum Gasteiger partial charge on any atom is -0.376 e. The largest absolute Gasteiger partial charge is 0.376 e. The van der Waals surface area contributed by atoms with Gasteiger partial charge in [0.15, 0.2) is 5.96 Å². The number of guanidine groups is 1. The summed E-state index contributed by atoms with van der Waals surface area (Å²) in [4.78, 5) is 11.4. The molecule has 4 rings (SSSR count). The molecule has 1 saturated heterocycles. The number of benzene rings is 2. The number of nitrogens with zero attached hydrogens (tertiary/aromatic N) is 4. The van der Waals surface area contributed by atoms with Crippen molar-refractivity contribution in [3.05, 3.63) is 90.0 Å². The molecule has 0 amide bonds. The summed E-state index contributed by atoms with van der Waals surface area (Å²) in [6, 6.07) is 19.1. The molecule has 3 aromatic rings. The van der Waals surface area contributed by atoms with Gasteiger partial charge in [0.2, 0.25) is 0 Å². The van der Waals surface area contributed by atoms with Crippen molar-refractivity contribution in [1.82, 2.24) is 19.8 Å². The number of hydrogen-bond acceptors (Lipinski definition) is 3. The summed E-state index contributed by atoms with van der Waals surface area (Å²) < 4.78 is 8.05. The van der Waals surface area contributed by atoms with Gasteiger partial charge in [-0.3, -0.25) is 0 Å². The molecule has 0 bridgehead atoms. The Hall–Kier alpha value is -3.12. The lowest BCUT2D eigenvalue weighted by atomic mass is 10.1. The summed E-state index contributed by atoms with van der Waals surface area (Å²) in [7, 11) is 0. The average Bonchev–Trinajstić information content (AvgIpc) is 3.51. The van der Waals surface area contributed by atoms with Gasteiger partial charge in [-0.1, -0.05) is 54.6 Å². The highest BCUT2D eigenvalue weighted by Gasteiger charge is 2.25. The molecular weight excluding hydrogens is 398 g/mol. The van der Waals surface area contributed by atoms with Crippen LogP contribution < -0.4 is 5.32 Å². The number of imidazole rings is 1. The first-order valence-corrected chi connectivity index (χ1v) is 11.5. The van der Waals surface area contributed by atoms with Crippen molar-refractivity contribution in [2.75, 3.05) is 26.2 Å². The quantitative estimate of drug-likeness (QED) is 0.412. The normalized spacial score (nSPS) is 16.5. The lowest BCUT2D eigenvalue weighted by Crippen LogP contribution is -2.40. The molecule has 1 unspecified atom stereocenters. The molecule has 0 saturated carbocycles. The number of rotatable bonds is 9. The zero-order valence-electron chi connectivity index (χ0n) is 18.9. The molecule has 168 valence electrons. The van der Waals surface area contributed by atoms with Crippen LogP contribution in [0.5, 0.6) is 0 Å². The van der Waals surface area contributed by atoms with Crippen LogP contribution in [0.25, 0.3) is 0 Å². The molecule has 6 nitrogen and oxygen atoms in total. The molecule has 2 heterocycles. The monoisotopic (exact) mass is 431 g/mol. The fourth-order valence-electron chi connectivity index (χ4n) is 4.01. The van der Waals surface area contributed by atoms with E-state index in [2.05, 4.69) is 75.2 Å². The number of aromatic nitrogens is 2. The van der Waals surface area contributed by atoms with Crippen LogP contribution in [-0.2, 0) is 24.4 Å². The lowest BCUT2D eigenvalue weighted by Gasteiger charge is -2.21. The number of likely N-dealkylation sites (tertiary alicyclic amines) is 1. The topological polar surface area (TPSA) is 54.7 Å². The smallest absolute Gasteiger partial charge is 0.194 e. The predicted octanol–water partition coefficient (Wildman–Crippen LogP) is 3.94. The van der Waals surface area contributed by atoms with Gasteiger partial charge >= 0.3 is 0 Å². The van der Waals surface area contributed by atoms with Crippen LogP contribution in [0.2, 0.25) is 0 Å². The van der Waals surface area contributed by atoms with E-state index in [1.165, 1.54) is 16.7 Å². The van der Waals surface area contributed by atoms with E-state index in [-0.39, 0.29) is 0 Å². The van der Waals surface area contributed by atoms with Crippen LogP contribution in [-0.4, -0.2) is 46.7 Å². The molecular formula is C26H33N5O. The average molecular weight is 432 g/mol. The molecule has 1 aliphatic rings. The Balaban J connectivity index is 1.27. The van der Waals surface area contributed by atoms with Crippen molar-refractivity contribution in [3.8, 4) is 0 Å². The van der Waals surface area contributed by atoms with Gasteiger partial charge in [-0.15, -0.1) is 0 Å². The molecule has 1 atom stereocenters. The molecule has 1 fully saturated rings. The maximum absolute atomic E-state index is 5.98. The second-order valence-electron chi connectivity index (χ2n) is 8.32. The van der Waals surface area contributed by atoms with Crippen LogP contribution in [0.1, 0.15) is 30.0 Å². The standard InChI is InChI=1S/C26H33N5O/c1-2-28-26(29-16-22-8-10-23(11-9-22)17-30-15-13-27-21-30)31-14-12-25(18-31)20-32-19-24-6-4-3-5-7-24/h3-11,13,15,21,25H,2,12,14,16-20H2,1H3,(H,28,29). The Morgan fingerprint density at radius 2 is 1.91 bits per heavy atom. The molecule has 1 N–H and O–H groups in total. The van der Waals surface area contributed by atoms with Gasteiger partial charge in [-0.05, 0) is 30.0 Å². The first-order valence-electron chi connectivity index (χ1n) is 11.5. The fourth-order valence-corrected chi connectivity index (χ4v) is 4.01. The Bertz CT molecular complexity index is 954. The molecule has 0 spiro atoms. The SMILES string of the molecule is CCNC(=NCc1ccc(Cn2ccnc2)cc1)N1CCC(COCc2ccccc2)C1. The van der Waals surface area contributed by atoms with Crippen LogP contribution in [0.15, 0.2) is 78.3 Å². The van der Waals surface area contributed by atoms with Gasteiger partial charge in [-0.2, -0.15) is 0 Å². The zero-order valence-corrected chi connectivity index (χ0v) is 18.9. The van der Waals surface area contributed by atoms with Crippen LogP contribution in [0.4, 0.5) is 0 Å². The molecule has 1 aromatic heterocycles. The minimum absolute atomic E-state index is 0.546. The third-order valence-electron chi connectivity index (χ3n) is 5.74. The van der Waals surface area contributed by atoms with E-state index >= 15 is 0 Å². The second kappa shape index (κ2) is 11.5. The molecule has 32 heavy (non-hydrogen) atoms. The second-order valence-corrected chi connectivity index (χ2v) is 8.32. The summed E-state index contributed by atoms with van der Waals surface area (Å²) in [5, 5.41) is 3.46. The Labute approximate surface area is 191 Å². The Kier molecular flexibility index (Phi) is 7.93. The third-order valence-corrected chi connectivity index (χ3v) is 5.74. The van der Waals surface area contributed by atoms with Crippen molar-refractivity contribution < 1.29 is 4.74 Å². The number of aliphatic imine (C=N–C) groups is 1. The molecule has 6 heteroatoms. The van der Waals surface area contributed by atoms with Crippen molar-refractivity contribution >= 4 is 5.96 Å². The molecule has 2 aromatic carbocycles. The predicted molar refractivity (Wildman–Crippen MR) is 128 cm³/mol. The Morgan fingerprint density at radius 3 is 2.66 bits per heavy atom. The summed E-state index contributed by atoms with van der Waals surface area (Å²) in [5.74, 6) is 1.55. The lowest BCUT2D eigenvalue weighted by molar-refractivity contribution is 0.0906. The minimum atomic E-state index is 0.546. The first-order chi connectivity index (χ1) is 15.8. The van der Waals surface area contributed by atoms with Gasteiger partial charge < -0.3 is 19.5 Å². The number of hydrogen-bond donors (Lipinski definition) is 1. The van der Waals surface area contributed by atoms with E-state index in [1.54, 1.807) is 0 Å². The summed E-state index contributed by atoms with van der Waals surface area (Å²) in [6.45, 7) is 8.00. The highest BCUT2D eigenvalue weighted by molar-refractivity contribution is 5.80. The van der Waals surface area contributed by atoms with Crippen molar-refractivity contribution in [1.29, 1.82) is 0 Å². The maximum atomic E-state index is 5.98. The van der Waals surface area contributed by atoms with E-state index < -0.39 is 0 Å². The zero-order chi connectivity index (χ0) is 22.0. The molecule has 1 aliphatic heterocycles. The Morgan fingerprint density at radius 1 is 1.09 bits per heavy atom. The fraction of sp³-hybridized carbons (Fsp3) is 0.385. The van der Waals surface area contributed by atoms with E-state index in [0.29, 0.717) is 19.1 Å². The van der Waals surface area contributed by atoms with Crippen molar-refractivity contribution in [3.63, 3.8) is 0 Å². The number of ether oxygens (including phenoxy) is 1. The van der Waals surface area contributed by atoms with Gasteiger partial charge in [0.05, 0.1) is 26.1 Å². The van der Waals surface area contributed by atoms with Crippen LogP contribution in [0, 0.1) is 5.92 Å². The van der Waals surface area contributed by atoms with Crippen molar-refractivity contribution in [2.45, 2.75) is 33.0 Å². The van der Waals surface area contributed by atoms with E-state index in [4.69, 9.17) is 9.73 Å². The van der Waals surface area contributed by atoms with Gasteiger partial charge in [0.25, 0.3) is 0 Å². The van der Waals surface area contributed by atoms with Crippen molar-refractivity contribution in [2.24, 2.45) is 10.9 Å². The maximum Gasteiger partial charge on any atom is 0.194 e. The van der Waals surface area contributed by atoms with Crippen LogP contribution >= 0.6 is 0 Å². The van der Waals surface area contributed by atoms with Gasteiger partial charge in [-0.25, -0.2) is 9.98 Å².